The zero-order valence-electron chi connectivity index (χ0n) is 15.7. The normalized spacial score (nSPS) is 16.2. The number of rotatable bonds is 9. The first-order chi connectivity index (χ1) is 12.6. The molecule has 0 bridgehead atoms. The van der Waals surface area contributed by atoms with Gasteiger partial charge in [-0.15, -0.1) is 0 Å². The number of Topliss-reactive ketones (excluding diaryl/α,β-unsaturated/α-hetero) is 1. The predicted molar refractivity (Wildman–Crippen MR) is 104 cm³/mol. The van der Waals surface area contributed by atoms with Crippen LogP contribution in [0.1, 0.15) is 44.6 Å². The summed E-state index contributed by atoms with van der Waals surface area (Å²) in [5.74, 6) is -0.425. The highest BCUT2D eigenvalue weighted by atomic mass is 16.5. The number of ketones is 1. The summed E-state index contributed by atoms with van der Waals surface area (Å²) in [6.45, 7) is 2.12. The first-order valence-corrected chi connectivity index (χ1v) is 9.73. The molecule has 0 saturated heterocycles. The molecule has 0 aliphatic heterocycles. The second kappa shape index (κ2) is 8.48. The van der Waals surface area contributed by atoms with Gasteiger partial charge in [0.25, 0.3) is 0 Å². The van der Waals surface area contributed by atoms with Gasteiger partial charge >= 0.3 is 5.97 Å². The van der Waals surface area contributed by atoms with Crippen molar-refractivity contribution in [2.24, 2.45) is 17.8 Å². The van der Waals surface area contributed by atoms with Gasteiger partial charge in [0.2, 0.25) is 0 Å². The fraction of sp³-hybridized carbons (Fsp3) is 0.478. The maximum absolute atomic E-state index is 12.9. The highest BCUT2D eigenvalue weighted by Crippen LogP contribution is 2.37. The Morgan fingerprint density at radius 2 is 1.81 bits per heavy atom. The van der Waals surface area contributed by atoms with E-state index in [4.69, 9.17) is 4.74 Å². The van der Waals surface area contributed by atoms with Crippen molar-refractivity contribution in [1.29, 1.82) is 0 Å². The molecule has 2 aromatic rings. The first kappa shape index (κ1) is 18.6. The van der Waals surface area contributed by atoms with Crippen molar-refractivity contribution >= 4 is 22.5 Å². The lowest BCUT2D eigenvalue weighted by Gasteiger charge is -2.24. The van der Waals surface area contributed by atoms with Crippen molar-refractivity contribution in [2.45, 2.75) is 45.4 Å². The molecule has 2 aromatic carbocycles. The third-order valence-electron chi connectivity index (χ3n) is 5.47. The van der Waals surface area contributed by atoms with Crippen molar-refractivity contribution in [1.82, 2.24) is 0 Å². The minimum absolute atomic E-state index is 0.167. The number of esters is 1. The molecule has 0 aromatic heterocycles. The molecule has 0 radical (unpaired) electrons. The minimum atomic E-state index is -0.388. The van der Waals surface area contributed by atoms with Crippen LogP contribution in [0, 0.1) is 17.8 Å². The molecule has 26 heavy (non-hydrogen) atoms. The van der Waals surface area contributed by atoms with E-state index in [1.807, 2.05) is 12.1 Å². The number of unbranched alkanes of at least 4 members (excludes halogenated alkanes) is 1. The number of benzene rings is 2. The van der Waals surface area contributed by atoms with Crippen LogP contribution in [0.3, 0.4) is 0 Å². The van der Waals surface area contributed by atoms with Gasteiger partial charge in [-0.05, 0) is 42.0 Å². The van der Waals surface area contributed by atoms with Crippen LogP contribution in [0.2, 0.25) is 0 Å². The fourth-order valence-corrected chi connectivity index (χ4v) is 3.80. The topological polar surface area (TPSA) is 43.4 Å². The third kappa shape index (κ3) is 4.32. The molecule has 138 valence electrons. The maximum atomic E-state index is 12.9. The van der Waals surface area contributed by atoms with E-state index in [0.29, 0.717) is 6.42 Å². The van der Waals surface area contributed by atoms with Gasteiger partial charge in [-0.1, -0.05) is 62.2 Å². The summed E-state index contributed by atoms with van der Waals surface area (Å²) in [7, 11) is 1.42. The van der Waals surface area contributed by atoms with Gasteiger partial charge in [-0.3, -0.25) is 9.59 Å². The molecule has 0 heterocycles. The molecule has 3 nitrogen and oxygen atoms in total. The van der Waals surface area contributed by atoms with Crippen LogP contribution in [0.5, 0.6) is 0 Å². The molecule has 0 spiro atoms. The minimum Gasteiger partial charge on any atom is -0.469 e. The molecular weight excluding hydrogens is 324 g/mol. The zero-order chi connectivity index (χ0) is 18.5. The summed E-state index contributed by atoms with van der Waals surface area (Å²) in [4.78, 5) is 25.4. The zero-order valence-corrected chi connectivity index (χ0v) is 15.7. The van der Waals surface area contributed by atoms with Crippen LogP contribution in [0.25, 0.3) is 10.8 Å². The quantitative estimate of drug-likeness (QED) is 0.599. The first-order valence-electron chi connectivity index (χ1n) is 9.73. The van der Waals surface area contributed by atoms with Crippen molar-refractivity contribution in [3.05, 3.63) is 48.0 Å². The van der Waals surface area contributed by atoms with Gasteiger partial charge in [0.15, 0.2) is 0 Å². The molecule has 1 aliphatic carbocycles. The van der Waals surface area contributed by atoms with Gasteiger partial charge in [-0.2, -0.15) is 0 Å². The molecule has 1 saturated carbocycles. The van der Waals surface area contributed by atoms with Crippen molar-refractivity contribution in [3.63, 3.8) is 0 Å². The smallest absolute Gasteiger partial charge is 0.309 e. The van der Waals surface area contributed by atoms with E-state index < -0.39 is 0 Å². The number of carbonyl (C=O) groups excluding carboxylic acids is 2. The average Bonchev–Trinajstić information content (AvgIpc) is 3.51. The standard InChI is InChI=1S/C23H28O3/c1-3-4-9-20(22(24)18-12-13-18)21(23(25)26-2)15-16-10-11-17-7-5-6-8-19(17)14-16/h5-8,10-11,14,18,20-21H,3-4,9,12-13,15H2,1-2H3/t20?,21-/m1/s1. The van der Waals surface area contributed by atoms with Gasteiger partial charge in [0, 0.05) is 11.8 Å². The molecule has 3 rings (SSSR count). The Kier molecular flexibility index (Phi) is 6.08. The third-order valence-corrected chi connectivity index (χ3v) is 5.47. The van der Waals surface area contributed by atoms with Crippen LogP contribution in [-0.2, 0) is 20.7 Å². The number of ether oxygens (including phenoxy) is 1. The van der Waals surface area contributed by atoms with E-state index in [0.717, 1.165) is 43.1 Å². The fourth-order valence-electron chi connectivity index (χ4n) is 3.80. The lowest BCUT2D eigenvalue weighted by atomic mass is 9.79. The Morgan fingerprint density at radius 1 is 1.08 bits per heavy atom. The number of hydrogen-bond donors (Lipinski definition) is 0. The molecule has 1 aliphatic rings. The van der Waals surface area contributed by atoms with Crippen molar-refractivity contribution in [3.8, 4) is 0 Å². The predicted octanol–water partition coefficient (Wildman–Crippen LogP) is 4.96. The van der Waals surface area contributed by atoms with Crippen LogP contribution in [0.15, 0.2) is 42.5 Å². The van der Waals surface area contributed by atoms with E-state index in [-0.39, 0.29) is 29.5 Å². The SMILES string of the molecule is CCCCC(C(=O)C1CC1)[C@@H](Cc1ccc2ccccc2c1)C(=O)OC. The van der Waals surface area contributed by atoms with Crippen LogP contribution in [-0.4, -0.2) is 18.9 Å². The van der Waals surface area contributed by atoms with Crippen molar-refractivity contribution < 1.29 is 14.3 Å². The monoisotopic (exact) mass is 352 g/mol. The Balaban J connectivity index is 1.86. The lowest BCUT2D eigenvalue weighted by molar-refractivity contribution is -0.150. The molecular formula is C23H28O3. The molecule has 0 amide bonds. The number of hydrogen-bond acceptors (Lipinski definition) is 3. The van der Waals surface area contributed by atoms with Gasteiger partial charge < -0.3 is 4.74 Å². The van der Waals surface area contributed by atoms with Gasteiger partial charge in [-0.25, -0.2) is 0 Å². The van der Waals surface area contributed by atoms with Crippen LogP contribution >= 0.6 is 0 Å². The van der Waals surface area contributed by atoms with E-state index in [1.165, 1.54) is 12.5 Å². The van der Waals surface area contributed by atoms with E-state index in [2.05, 4.69) is 37.3 Å². The second-order valence-corrected chi connectivity index (χ2v) is 7.44. The Morgan fingerprint density at radius 3 is 2.46 bits per heavy atom. The van der Waals surface area contributed by atoms with Crippen LogP contribution in [0.4, 0.5) is 0 Å². The summed E-state index contributed by atoms with van der Waals surface area (Å²) in [6, 6.07) is 14.5. The number of carbonyl (C=O) groups is 2. The largest absolute Gasteiger partial charge is 0.469 e. The lowest BCUT2D eigenvalue weighted by Crippen LogP contribution is -2.33. The maximum Gasteiger partial charge on any atom is 0.309 e. The Bertz CT molecular complexity index is 776. The summed E-state index contributed by atoms with van der Waals surface area (Å²) < 4.78 is 5.09. The molecule has 1 fully saturated rings. The molecule has 2 atom stereocenters. The summed E-state index contributed by atoms with van der Waals surface area (Å²) in [5, 5.41) is 2.34. The summed E-state index contributed by atoms with van der Waals surface area (Å²) >= 11 is 0. The number of methoxy groups -OCH3 is 1. The number of fused-ring (bicyclic) bond motifs is 1. The molecule has 1 unspecified atom stereocenters. The van der Waals surface area contributed by atoms with E-state index >= 15 is 0 Å². The highest BCUT2D eigenvalue weighted by molar-refractivity contribution is 5.90. The second-order valence-electron chi connectivity index (χ2n) is 7.44. The molecule has 3 heteroatoms. The Hall–Kier alpha value is -2.16. The van der Waals surface area contributed by atoms with Crippen molar-refractivity contribution in [2.75, 3.05) is 7.11 Å². The highest BCUT2D eigenvalue weighted by Gasteiger charge is 2.41. The van der Waals surface area contributed by atoms with E-state index in [9.17, 15) is 9.59 Å². The summed E-state index contributed by atoms with van der Waals surface area (Å²) in [5.41, 5.74) is 1.09. The van der Waals surface area contributed by atoms with E-state index in [1.54, 1.807) is 0 Å². The van der Waals surface area contributed by atoms with Gasteiger partial charge in [0.1, 0.15) is 5.78 Å². The van der Waals surface area contributed by atoms with Gasteiger partial charge in [0.05, 0.1) is 13.0 Å². The Labute approximate surface area is 155 Å². The molecule has 0 N–H and O–H groups in total. The van der Waals surface area contributed by atoms with Crippen LogP contribution < -0.4 is 0 Å². The average molecular weight is 352 g/mol. The summed E-state index contributed by atoms with van der Waals surface area (Å²) in [6.07, 6.45) is 5.28.